The molecule has 2 saturated carbocycles. The summed E-state index contributed by atoms with van der Waals surface area (Å²) in [6.45, 7) is 0. The van der Waals surface area contributed by atoms with E-state index in [9.17, 15) is 29.4 Å². The SMILES string of the molecule is O=C(O)[C@H]1CCCC[C@H]1C(=O)Nc1ccc(NC(=O)[C@@H]2CCCC[C@@H]2C(=O)O)cc1. The zero-order valence-corrected chi connectivity index (χ0v) is 16.8. The summed E-state index contributed by atoms with van der Waals surface area (Å²) in [4.78, 5) is 47.9. The van der Waals surface area contributed by atoms with E-state index in [1.807, 2.05) is 0 Å². The van der Waals surface area contributed by atoms with Crippen molar-refractivity contribution in [3.05, 3.63) is 24.3 Å². The molecule has 8 heteroatoms. The van der Waals surface area contributed by atoms with E-state index in [4.69, 9.17) is 0 Å². The number of nitrogens with one attached hydrogen (secondary N) is 2. The number of hydrogen-bond donors (Lipinski definition) is 4. The summed E-state index contributed by atoms with van der Waals surface area (Å²) in [6, 6.07) is 6.56. The zero-order chi connectivity index (χ0) is 21.7. The highest BCUT2D eigenvalue weighted by molar-refractivity contribution is 5.97. The second kappa shape index (κ2) is 9.73. The standard InChI is InChI=1S/C22H28N2O6/c25-19(15-5-1-3-7-17(15)21(27)28)23-13-9-11-14(12-10-13)24-20(26)16-6-2-4-8-18(16)22(29)30/h9-12,15-18H,1-8H2,(H,23,25)(H,24,26)(H,27,28)(H,29,30)/t15-,16-,17+,18+/m1/s1. The fourth-order valence-electron chi connectivity index (χ4n) is 4.59. The van der Waals surface area contributed by atoms with Crippen LogP contribution in [0.25, 0.3) is 0 Å². The Morgan fingerprint density at radius 2 is 0.900 bits per heavy atom. The van der Waals surface area contributed by atoms with E-state index in [-0.39, 0.29) is 11.8 Å². The lowest BCUT2D eigenvalue weighted by molar-refractivity contribution is -0.148. The molecule has 0 radical (unpaired) electrons. The fourth-order valence-corrected chi connectivity index (χ4v) is 4.59. The third-order valence-corrected chi connectivity index (χ3v) is 6.26. The summed E-state index contributed by atoms with van der Waals surface area (Å²) < 4.78 is 0. The molecule has 2 aliphatic rings. The second-order valence-corrected chi connectivity index (χ2v) is 8.23. The summed E-state index contributed by atoms with van der Waals surface area (Å²) in [6.07, 6.45) is 5.45. The van der Waals surface area contributed by atoms with E-state index in [2.05, 4.69) is 10.6 Å². The Morgan fingerprint density at radius 3 is 1.20 bits per heavy atom. The number of carbonyl (C=O) groups excluding carboxylic acids is 2. The number of hydrogen-bond acceptors (Lipinski definition) is 4. The van der Waals surface area contributed by atoms with Crippen LogP contribution in [-0.4, -0.2) is 34.0 Å². The van der Waals surface area contributed by atoms with Crippen molar-refractivity contribution in [2.24, 2.45) is 23.7 Å². The molecule has 162 valence electrons. The molecule has 0 unspecified atom stereocenters. The fraction of sp³-hybridized carbons (Fsp3) is 0.545. The van der Waals surface area contributed by atoms with Gasteiger partial charge in [0.2, 0.25) is 11.8 Å². The van der Waals surface area contributed by atoms with Gasteiger partial charge in [0.1, 0.15) is 0 Å². The van der Waals surface area contributed by atoms with E-state index in [1.165, 1.54) is 0 Å². The molecule has 4 N–H and O–H groups in total. The minimum absolute atomic E-state index is 0.301. The number of amides is 2. The van der Waals surface area contributed by atoms with Crippen LogP contribution in [0.3, 0.4) is 0 Å². The van der Waals surface area contributed by atoms with Crippen molar-refractivity contribution >= 4 is 35.1 Å². The first kappa shape index (κ1) is 21.8. The van der Waals surface area contributed by atoms with Gasteiger partial charge in [0.05, 0.1) is 23.7 Å². The average Bonchev–Trinajstić information content (AvgIpc) is 2.75. The molecule has 0 aromatic heterocycles. The van der Waals surface area contributed by atoms with E-state index >= 15 is 0 Å². The van der Waals surface area contributed by atoms with Gasteiger partial charge in [-0.05, 0) is 49.9 Å². The predicted octanol–water partition coefficient (Wildman–Crippen LogP) is 3.35. The first-order valence-corrected chi connectivity index (χ1v) is 10.5. The van der Waals surface area contributed by atoms with Crippen molar-refractivity contribution in [3.8, 4) is 0 Å². The monoisotopic (exact) mass is 416 g/mol. The summed E-state index contributed by atoms with van der Waals surface area (Å²) in [5.41, 5.74) is 1.04. The van der Waals surface area contributed by atoms with E-state index in [0.29, 0.717) is 37.1 Å². The maximum absolute atomic E-state index is 12.6. The molecule has 0 heterocycles. The minimum atomic E-state index is -0.935. The number of anilines is 2. The van der Waals surface area contributed by atoms with Gasteiger partial charge in [-0.25, -0.2) is 0 Å². The van der Waals surface area contributed by atoms with Crippen molar-refractivity contribution in [1.29, 1.82) is 0 Å². The van der Waals surface area contributed by atoms with Gasteiger partial charge in [0, 0.05) is 11.4 Å². The molecule has 0 aliphatic heterocycles. The molecule has 2 aliphatic carbocycles. The highest BCUT2D eigenvalue weighted by Gasteiger charge is 2.36. The maximum Gasteiger partial charge on any atom is 0.307 e. The Balaban J connectivity index is 1.59. The quantitative estimate of drug-likeness (QED) is 0.562. The molecule has 1 aromatic rings. The third kappa shape index (κ3) is 5.17. The Morgan fingerprint density at radius 1 is 0.600 bits per heavy atom. The molecular formula is C22H28N2O6. The maximum atomic E-state index is 12.6. The number of rotatable bonds is 6. The summed E-state index contributed by atoms with van der Waals surface area (Å²) >= 11 is 0. The zero-order valence-electron chi connectivity index (χ0n) is 16.8. The molecule has 0 saturated heterocycles. The van der Waals surface area contributed by atoms with Crippen LogP contribution < -0.4 is 10.6 Å². The van der Waals surface area contributed by atoms with Gasteiger partial charge < -0.3 is 20.8 Å². The number of carboxylic acid groups (broad SMARTS) is 2. The number of carbonyl (C=O) groups is 4. The molecule has 3 rings (SSSR count). The van der Waals surface area contributed by atoms with E-state index in [0.717, 1.165) is 25.7 Å². The van der Waals surface area contributed by atoms with Gasteiger partial charge >= 0.3 is 11.9 Å². The number of benzene rings is 1. The lowest BCUT2D eigenvalue weighted by atomic mass is 9.78. The second-order valence-electron chi connectivity index (χ2n) is 8.23. The van der Waals surface area contributed by atoms with Crippen molar-refractivity contribution < 1.29 is 29.4 Å². The first-order valence-electron chi connectivity index (χ1n) is 10.5. The smallest absolute Gasteiger partial charge is 0.307 e. The summed E-state index contributed by atoms with van der Waals surface area (Å²) in [5.74, 6) is -4.88. The molecule has 2 fully saturated rings. The predicted molar refractivity (Wildman–Crippen MR) is 110 cm³/mol. The highest BCUT2D eigenvalue weighted by atomic mass is 16.4. The normalized spacial score (nSPS) is 26.4. The van der Waals surface area contributed by atoms with Crippen LogP contribution in [0, 0.1) is 23.7 Å². The molecular weight excluding hydrogens is 388 g/mol. The lowest BCUT2D eigenvalue weighted by Crippen LogP contribution is -2.36. The highest BCUT2D eigenvalue weighted by Crippen LogP contribution is 2.32. The first-order chi connectivity index (χ1) is 14.4. The van der Waals surface area contributed by atoms with Crippen molar-refractivity contribution in [3.63, 3.8) is 0 Å². The van der Waals surface area contributed by atoms with Crippen LogP contribution in [-0.2, 0) is 19.2 Å². The van der Waals surface area contributed by atoms with Crippen LogP contribution in [0.15, 0.2) is 24.3 Å². The molecule has 30 heavy (non-hydrogen) atoms. The Kier molecular flexibility index (Phi) is 7.07. The molecule has 0 bridgehead atoms. The van der Waals surface area contributed by atoms with Gasteiger partial charge in [-0.15, -0.1) is 0 Å². The minimum Gasteiger partial charge on any atom is -0.481 e. The van der Waals surface area contributed by atoms with Gasteiger partial charge in [-0.2, -0.15) is 0 Å². The molecule has 4 atom stereocenters. The molecule has 2 amide bonds. The average molecular weight is 416 g/mol. The van der Waals surface area contributed by atoms with Crippen LogP contribution >= 0.6 is 0 Å². The van der Waals surface area contributed by atoms with Gasteiger partial charge in [0.15, 0.2) is 0 Å². The van der Waals surface area contributed by atoms with Crippen LogP contribution in [0.2, 0.25) is 0 Å². The number of carboxylic acids is 2. The van der Waals surface area contributed by atoms with Crippen molar-refractivity contribution in [2.45, 2.75) is 51.4 Å². The van der Waals surface area contributed by atoms with E-state index < -0.39 is 35.6 Å². The Hall–Kier alpha value is -2.90. The van der Waals surface area contributed by atoms with Crippen molar-refractivity contribution in [1.82, 2.24) is 0 Å². The number of aliphatic carboxylic acids is 2. The van der Waals surface area contributed by atoms with Crippen LogP contribution in [0.1, 0.15) is 51.4 Å². The molecule has 0 spiro atoms. The summed E-state index contributed by atoms with van der Waals surface area (Å²) in [7, 11) is 0. The Labute approximate surface area is 175 Å². The van der Waals surface area contributed by atoms with Gasteiger partial charge in [-0.1, -0.05) is 25.7 Å². The largest absolute Gasteiger partial charge is 0.481 e. The van der Waals surface area contributed by atoms with Crippen molar-refractivity contribution in [2.75, 3.05) is 10.6 Å². The van der Waals surface area contributed by atoms with Gasteiger partial charge in [0.25, 0.3) is 0 Å². The molecule has 8 nitrogen and oxygen atoms in total. The third-order valence-electron chi connectivity index (χ3n) is 6.26. The van der Waals surface area contributed by atoms with Crippen LogP contribution in [0.5, 0.6) is 0 Å². The van der Waals surface area contributed by atoms with Gasteiger partial charge in [-0.3, -0.25) is 19.2 Å². The summed E-state index contributed by atoms with van der Waals surface area (Å²) in [5, 5.41) is 24.2. The topological polar surface area (TPSA) is 133 Å². The Bertz CT molecular complexity index is 739. The lowest BCUT2D eigenvalue weighted by Gasteiger charge is -2.27. The van der Waals surface area contributed by atoms with Crippen LogP contribution in [0.4, 0.5) is 11.4 Å². The molecule has 1 aromatic carbocycles. The van der Waals surface area contributed by atoms with E-state index in [1.54, 1.807) is 24.3 Å².